The fourth-order valence-corrected chi connectivity index (χ4v) is 3.61. The molecular formula is C21H22N4O. The second-order valence-electron chi connectivity index (χ2n) is 6.81. The summed E-state index contributed by atoms with van der Waals surface area (Å²) in [7, 11) is 0. The zero-order valence-electron chi connectivity index (χ0n) is 14.6. The van der Waals surface area contributed by atoms with Gasteiger partial charge in [-0.2, -0.15) is 0 Å². The fraction of sp³-hybridized carbons (Fsp3) is 0.286. The van der Waals surface area contributed by atoms with E-state index < -0.39 is 0 Å². The molecule has 0 radical (unpaired) electrons. The number of rotatable bonds is 4. The van der Waals surface area contributed by atoms with Gasteiger partial charge >= 0.3 is 0 Å². The molecule has 132 valence electrons. The SMILES string of the molecule is O=c1cc([C@@H]2CCCN(Cc3ccccc3)C2)nc(-c2ccncc2)[nH]1. The van der Waals surface area contributed by atoms with Crippen molar-refractivity contribution in [3.63, 3.8) is 0 Å². The van der Waals surface area contributed by atoms with Gasteiger partial charge in [-0.1, -0.05) is 30.3 Å². The molecule has 1 saturated heterocycles. The fourth-order valence-electron chi connectivity index (χ4n) is 3.61. The first-order chi connectivity index (χ1) is 12.8. The van der Waals surface area contributed by atoms with Gasteiger partial charge in [0.1, 0.15) is 5.82 Å². The molecule has 0 saturated carbocycles. The van der Waals surface area contributed by atoms with E-state index in [1.54, 1.807) is 18.5 Å². The average Bonchev–Trinajstić information content (AvgIpc) is 2.69. The van der Waals surface area contributed by atoms with Crippen molar-refractivity contribution in [1.82, 2.24) is 19.9 Å². The highest BCUT2D eigenvalue weighted by atomic mass is 16.1. The van der Waals surface area contributed by atoms with Crippen LogP contribution in [0.15, 0.2) is 65.7 Å². The quantitative estimate of drug-likeness (QED) is 0.788. The molecule has 1 N–H and O–H groups in total. The first kappa shape index (κ1) is 16.7. The second kappa shape index (κ2) is 7.62. The lowest BCUT2D eigenvalue weighted by Crippen LogP contribution is -2.34. The Hall–Kier alpha value is -2.79. The van der Waals surface area contributed by atoms with E-state index in [4.69, 9.17) is 4.98 Å². The molecule has 2 aromatic heterocycles. The molecule has 1 aliphatic rings. The number of H-pyrrole nitrogens is 1. The summed E-state index contributed by atoms with van der Waals surface area (Å²) in [5.41, 5.74) is 3.00. The predicted octanol–water partition coefficient (Wildman–Crippen LogP) is 3.21. The van der Waals surface area contributed by atoms with Gasteiger partial charge in [0.25, 0.3) is 5.56 Å². The highest BCUT2D eigenvalue weighted by Crippen LogP contribution is 2.27. The molecule has 0 amide bonds. The van der Waals surface area contributed by atoms with Gasteiger partial charge in [0.2, 0.25) is 0 Å². The van der Waals surface area contributed by atoms with Gasteiger partial charge < -0.3 is 4.98 Å². The number of likely N-dealkylation sites (tertiary alicyclic amines) is 1. The van der Waals surface area contributed by atoms with Crippen molar-refractivity contribution >= 4 is 0 Å². The molecule has 0 aliphatic carbocycles. The number of pyridine rings is 1. The van der Waals surface area contributed by atoms with Crippen molar-refractivity contribution < 1.29 is 0 Å². The third-order valence-electron chi connectivity index (χ3n) is 4.89. The van der Waals surface area contributed by atoms with Gasteiger partial charge in [-0.05, 0) is 37.1 Å². The van der Waals surface area contributed by atoms with E-state index in [9.17, 15) is 4.79 Å². The standard InChI is InChI=1S/C21H22N4O/c26-20-13-19(23-21(24-20)17-8-10-22-11-9-17)18-7-4-12-25(15-18)14-16-5-2-1-3-6-16/h1-3,5-6,8-11,13,18H,4,7,12,14-15H2,(H,23,24,26)/t18-/m1/s1. The molecule has 26 heavy (non-hydrogen) atoms. The molecule has 0 spiro atoms. The Kier molecular flexibility index (Phi) is 4.88. The van der Waals surface area contributed by atoms with Crippen molar-refractivity contribution in [2.75, 3.05) is 13.1 Å². The van der Waals surface area contributed by atoms with Gasteiger partial charge in [-0.25, -0.2) is 4.98 Å². The second-order valence-corrected chi connectivity index (χ2v) is 6.81. The maximum absolute atomic E-state index is 12.2. The van der Waals surface area contributed by atoms with Crippen LogP contribution in [0, 0.1) is 0 Å². The lowest BCUT2D eigenvalue weighted by molar-refractivity contribution is 0.198. The number of piperidine rings is 1. The summed E-state index contributed by atoms with van der Waals surface area (Å²) < 4.78 is 0. The predicted molar refractivity (Wildman–Crippen MR) is 102 cm³/mol. The number of aromatic amines is 1. The van der Waals surface area contributed by atoms with E-state index in [1.807, 2.05) is 18.2 Å². The van der Waals surface area contributed by atoms with Crippen molar-refractivity contribution in [1.29, 1.82) is 0 Å². The number of nitrogens with zero attached hydrogens (tertiary/aromatic N) is 3. The molecule has 1 aromatic carbocycles. The number of hydrogen-bond acceptors (Lipinski definition) is 4. The van der Waals surface area contributed by atoms with Gasteiger partial charge in [-0.15, -0.1) is 0 Å². The Labute approximate surface area is 152 Å². The maximum Gasteiger partial charge on any atom is 0.251 e. The highest BCUT2D eigenvalue weighted by Gasteiger charge is 2.23. The van der Waals surface area contributed by atoms with Crippen LogP contribution in [0.5, 0.6) is 0 Å². The van der Waals surface area contributed by atoms with E-state index in [2.05, 4.69) is 39.1 Å². The molecule has 0 unspecified atom stereocenters. The summed E-state index contributed by atoms with van der Waals surface area (Å²) in [6.45, 7) is 2.96. The third kappa shape index (κ3) is 3.89. The van der Waals surface area contributed by atoms with Crippen LogP contribution in [0.2, 0.25) is 0 Å². The van der Waals surface area contributed by atoms with E-state index >= 15 is 0 Å². The molecule has 3 heterocycles. The zero-order valence-corrected chi connectivity index (χ0v) is 14.6. The molecule has 3 aromatic rings. The number of nitrogens with one attached hydrogen (secondary N) is 1. The molecule has 5 nitrogen and oxygen atoms in total. The Morgan fingerprint density at radius 3 is 2.73 bits per heavy atom. The summed E-state index contributed by atoms with van der Waals surface area (Å²) in [5, 5.41) is 0. The summed E-state index contributed by atoms with van der Waals surface area (Å²) in [5.74, 6) is 0.908. The number of benzene rings is 1. The van der Waals surface area contributed by atoms with Crippen molar-refractivity contribution in [2.45, 2.75) is 25.3 Å². The minimum atomic E-state index is -0.0954. The minimum absolute atomic E-state index is 0.0954. The monoisotopic (exact) mass is 346 g/mol. The van der Waals surface area contributed by atoms with Crippen LogP contribution >= 0.6 is 0 Å². The largest absolute Gasteiger partial charge is 0.307 e. The topological polar surface area (TPSA) is 61.9 Å². The lowest BCUT2D eigenvalue weighted by atomic mass is 9.94. The van der Waals surface area contributed by atoms with E-state index in [-0.39, 0.29) is 11.5 Å². The zero-order chi connectivity index (χ0) is 17.8. The van der Waals surface area contributed by atoms with Crippen LogP contribution in [-0.4, -0.2) is 32.9 Å². The van der Waals surface area contributed by atoms with Crippen LogP contribution in [0.1, 0.15) is 30.0 Å². The van der Waals surface area contributed by atoms with E-state index in [0.29, 0.717) is 5.82 Å². The Morgan fingerprint density at radius 1 is 1.12 bits per heavy atom. The molecule has 5 heteroatoms. The first-order valence-corrected chi connectivity index (χ1v) is 9.06. The van der Waals surface area contributed by atoms with Crippen molar-refractivity contribution in [3.8, 4) is 11.4 Å². The summed E-state index contributed by atoms with van der Waals surface area (Å²) in [6, 6.07) is 15.9. The summed E-state index contributed by atoms with van der Waals surface area (Å²) in [4.78, 5) is 26.3. The van der Waals surface area contributed by atoms with Gasteiger partial charge in [0.05, 0.1) is 5.69 Å². The smallest absolute Gasteiger partial charge is 0.251 e. The van der Waals surface area contributed by atoms with Gasteiger partial charge in [-0.3, -0.25) is 14.7 Å². The third-order valence-corrected chi connectivity index (χ3v) is 4.89. The summed E-state index contributed by atoms with van der Waals surface area (Å²) in [6.07, 6.45) is 5.61. The lowest BCUT2D eigenvalue weighted by Gasteiger charge is -2.32. The van der Waals surface area contributed by atoms with Gasteiger partial charge in [0.15, 0.2) is 0 Å². The number of aromatic nitrogens is 3. The van der Waals surface area contributed by atoms with Gasteiger partial charge in [0, 0.05) is 43.0 Å². The van der Waals surface area contributed by atoms with Crippen molar-refractivity contribution in [3.05, 3.63) is 82.5 Å². The van der Waals surface area contributed by atoms with Crippen LogP contribution in [0.3, 0.4) is 0 Å². The Balaban J connectivity index is 1.55. The Bertz CT molecular complexity index is 908. The molecule has 0 bridgehead atoms. The van der Waals surface area contributed by atoms with E-state index in [1.165, 1.54) is 5.56 Å². The molecule has 1 atom stereocenters. The van der Waals surface area contributed by atoms with Crippen molar-refractivity contribution in [2.24, 2.45) is 0 Å². The van der Waals surface area contributed by atoms with E-state index in [0.717, 1.165) is 43.7 Å². The molecule has 4 rings (SSSR count). The molecular weight excluding hydrogens is 324 g/mol. The highest BCUT2D eigenvalue weighted by molar-refractivity contribution is 5.53. The molecule has 1 fully saturated rings. The summed E-state index contributed by atoms with van der Waals surface area (Å²) >= 11 is 0. The average molecular weight is 346 g/mol. The Morgan fingerprint density at radius 2 is 1.92 bits per heavy atom. The minimum Gasteiger partial charge on any atom is -0.307 e. The maximum atomic E-state index is 12.2. The first-order valence-electron chi connectivity index (χ1n) is 9.06. The van der Waals surface area contributed by atoms with Crippen LogP contribution < -0.4 is 5.56 Å². The normalized spacial score (nSPS) is 17.9. The van der Waals surface area contributed by atoms with Crippen LogP contribution in [-0.2, 0) is 6.54 Å². The van der Waals surface area contributed by atoms with Crippen LogP contribution in [0.25, 0.3) is 11.4 Å². The number of hydrogen-bond donors (Lipinski definition) is 1. The van der Waals surface area contributed by atoms with Crippen LogP contribution in [0.4, 0.5) is 0 Å². The molecule has 1 aliphatic heterocycles.